The van der Waals surface area contributed by atoms with Gasteiger partial charge < -0.3 is 24.2 Å². The van der Waals surface area contributed by atoms with Crippen LogP contribution in [-0.2, 0) is 11.2 Å². The molecule has 3 saturated heterocycles. The number of amides is 2. The third-order valence-corrected chi connectivity index (χ3v) is 9.43. The van der Waals surface area contributed by atoms with Gasteiger partial charge in [-0.05, 0) is 43.2 Å². The van der Waals surface area contributed by atoms with Crippen molar-refractivity contribution in [3.63, 3.8) is 0 Å². The third-order valence-electron chi connectivity index (χ3n) is 8.49. The molecule has 0 saturated carbocycles. The number of hydrogen-bond acceptors (Lipinski definition) is 9. The van der Waals surface area contributed by atoms with Gasteiger partial charge in [0.15, 0.2) is 11.6 Å². The normalized spacial score (nSPS) is 19.8. The lowest BCUT2D eigenvalue weighted by Gasteiger charge is -2.39. The number of halogens is 1. The minimum Gasteiger partial charge on any atom is -0.496 e. The Bertz CT molecular complexity index is 1720. The number of carbonyl (C=O) groups excluding carboxylic acids is 2. The topological polar surface area (TPSA) is 101 Å². The first-order valence-electron chi connectivity index (χ1n) is 14.4. The van der Waals surface area contributed by atoms with Crippen LogP contribution in [0.25, 0.3) is 21.6 Å². The van der Waals surface area contributed by atoms with Crippen molar-refractivity contribution in [3.8, 4) is 17.1 Å². The van der Waals surface area contributed by atoms with Crippen molar-refractivity contribution in [2.24, 2.45) is 0 Å². The van der Waals surface area contributed by atoms with Gasteiger partial charge in [-0.3, -0.25) is 4.79 Å². The van der Waals surface area contributed by atoms with E-state index in [1.165, 1.54) is 19.4 Å². The summed E-state index contributed by atoms with van der Waals surface area (Å²) in [4.78, 5) is 46.8. The minimum atomic E-state index is -0.527. The van der Waals surface area contributed by atoms with Gasteiger partial charge in [0.2, 0.25) is 0 Å². The number of rotatable bonds is 6. The summed E-state index contributed by atoms with van der Waals surface area (Å²) in [7, 11) is 1.45. The standard InChI is InChI=1S/C31H31FN6O4S/c1-18-34-28-26(43-18)7-6-19(14-24(39)23-8-9-33-30(35-23)27-22(32)4-3-5-25(27)41-2)29(28)37-16-21-15-20(37)17-38(21)31(40)36-10-12-42-13-11-36/h3-9,20-21H,10-17H2,1-2H3/t20-,21-/m1/s1. The number of piperazine rings is 1. The van der Waals surface area contributed by atoms with Crippen molar-refractivity contribution in [2.45, 2.75) is 31.8 Å². The molecule has 5 heterocycles. The Morgan fingerprint density at radius 2 is 1.93 bits per heavy atom. The smallest absolute Gasteiger partial charge is 0.320 e. The van der Waals surface area contributed by atoms with E-state index in [4.69, 9.17) is 14.5 Å². The number of thiazole rings is 1. The number of ether oxygens (including phenoxy) is 2. The van der Waals surface area contributed by atoms with Gasteiger partial charge in [-0.2, -0.15) is 0 Å². The zero-order chi connectivity index (χ0) is 29.7. The predicted octanol–water partition coefficient (Wildman–Crippen LogP) is 4.35. The number of aryl methyl sites for hydroxylation is 1. The monoisotopic (exact) mass is 602 g/mol. The molecule has 4 aromatic rings. The molecule has 222 valence electrons. The lowest BCUT2D eigenvalue weighted by atomic mass is 10.0. The van der Waals surface area contributed by atoms with Crippen molar-refractivity contribution < 1.29 is 23.5 Å². The maximum atomic E-state index is 14.7. The van der Waals surface area contributed by atoms with Crippen LogP contribution in [0.1, 0.15) is 27.5 Å². The summed E-state index contributed by atoms with van der Waals surface area (Å²) >= 11 is 1.62. The molecule has 2 aromatic carbocycles. The fourth-order valence-electron chi connectivity index (χ4n) is 6.50. The van der Waals surface area contributed by atoms with Gasteiger partial charge in [-0.15, -0.1) is 11.3 Å². The van der Waals surface area contributed by atoms with E-state index in [2.05, 4.69) is 14.9 Å². The summed E-state index contributed by atoms with van der Waals surface area (Å²) in [5.41, 5.74) is 2.99. The van der Waals surface area contributed by atoms with E-state index < -0.39 is 5.82 Å². The predicted molar refractivity (Wildman–Crippen MR) is 160 cm³/mol. The first-order chi connectivity index (χ1) is 20.9. The van der Waals surface area contributed by atoms with Crippen molar-refractivity contribution in [1.82, 2.24) is 24.8 Å². The molecule has 12 heteroatoms. The number of anilines is 1. The highest BCUT2D eigenvalue weighted by atomic mass is 32.1. The highest BCUT2D eigenvalue weighted by molar-refractivity contribution is 7.18. The molecule has 0 radical (unpaired) electrons. The molecule has 43 heavy (non-hydrogen) atoms. The van der Waals surface area contributed by atoms with E-state index in [1.54, 1.807) is 29.5 Å². The van der Waals surface area contributed by atoms with Crippen molar-refractivity contribution >= 4 is 39.1 Å². The van der Waals surface area contributed by atoms with Gasteiger partial charge in [0.25, 0.3) is 0 Å². The number of benzene rings is 2. The van der Waals surface area contributed by atoms with Gasteiger partial charge in [0.05, 0.1) is 47.3 Å². The van der Waals surface area contributed by atoms with E-state index in [9.17, 15) is 14.0 Å². The lowest BCUT2D eigenvalue weighted by molar-refractivity contribution is 0.0417. The highest BCUT2D eigenvalue weighted by Crippen LogP contribution is 2.42. The number of ketones is 1. The summed E-state index contributed by atoms with van der Waals surface area (Å²) in [6, 6.07) is 10.4. The number of carbonyl (C=O) groups is 2. The maximum Gasteiger partial charge on any atom is 0.320 e. The molecule has 10 nitrogen and oxygen atoms in total. The molecule has 0 aliphatic carbocycles. The molecule has 0 spiro atoms. The highest BCUT2D eigenvalue weighted by Gasteiger charge is 2.47. The van der Waals surface area contributed by atoms with Crippen LogP contribution in [0.3, 0.4) is 0 Å². The second-order valence-corrected chi connectivity index (χ2v) is 12.3. The molecule has 0 N–H and O–H groups in total. The molecule has 2 aromatic heterocycles. The first kappa shape index (κ1) is 27.7. The molecule has 3 aliphatic rings. The quantitative estimate of drug-likeness (QED) is 0.301. The van der Waals surface area contributed by atoms with Crippen LogP contribution in [0.15, 0.2) is 42.6 Å². The van der Waals surface area contributed by atoms with Crippen LogP contribution < -0.4 is 9.64 Å². The average Bonchev–Trinajstić information content (AvgIpc) is 3.74. The van der Waals surface area contributed by atoms with Gasteiger partial charge >= 0.3 is 6.03 Å². The van der Waals surface area contributed by atoms with Gasteiger partial charge in [-0.25, -0.2) is 24.1 Å². The van der Waals surface area contributed by atoms with Crippen LogP contribution in [0.5, 0.6) is 5.75 Å². The number of nitrogens with zero attached hydrogens (tertiary/aromatic N) is 6. The number of aromatic nitrogens is 3. The van der Waals surface area contributed by atoms with Gasteiger partial charge in [-0.1, -0.05) is 12.1 Å². The number of morpholine rings is 1. The summed E-state index contributed by atoms with van der Waals surface area (Å²) < 4.78 is 26.6. The minimum absolute atomic E-state index is 0.0830. The van der Waals surface area contributed by atoms with Gasteiger partial charge in [0.1, 0.15) is 22.8 Å². The second kappa shape index (κ2) is 11.2. The van der Waals surface area contributed by atoms with E-state index in [0.29, 0.717) is 45.1 Å². The van der Waals surface area contributed by atoms with Crippen molar-refractivity contribution in [3.05, 3.63) is 64.7 Å². The molecule has 2 bridgehead atoms. The Balaban J connectivity index is 1.18. The lowest BCUT2D eigenvalue weighted by Crippen LogP contribution is -2.55. The number of hydrogen-bond donors (Lipinski definition) is 0. The molecule has 7 rings (SSSR count). The van der Waals surface area contributed by atoms with E-state index in [-0.39, 0.29) is 47.4 Å². The summed E-state index contributed by atoms with van der Waals surface area (Å²) in [5.74, 6) is -0.351. The molecule has 2 amide bonds. The van der Waals surface area contributed by atoms with Crippen LogP contribution in [-0.4, -0.2) is 95.2 Å². The van der Waals surface area contributed by atoms with Gasteiger partial charge in [0, 0.05) is 44.8 Å². The van der Waals surface area contributed by atoms with Crippen LogP contribution >= 0.6 is 11.3 Å². The number of methoxy groups -OCH3 is 1. The summed E-state index contributed by atoms with van der Waals surface area (Å²) in [5, 5.41) is 0.951. The zero-order valence-corrected chi connectivity index (χ0v) is 24.8. The third kappa shape index (κ3) is 4.98. The SMILES string of the molecule is COc1cccc(F)c1-c1nccc(C(=O)Cc2ccc3sc(C)nc3c2N2C[C@H]3C[C@@H]2CN3C(=O)N2CCOCC2)n1. The summed E-state index contributed by atoms with van der Waals surface area (Å²) in [6.45, 7) is 5.69. The van der Waals surface area contributed by atoms with Crippen molar-refractivity contribution in [2.75, 3.05) is 51.4 Å². The Morgan fingerprint density at radius 3 is 2.70 bits per heavy atom. The Hall–Kier alpha value is -4.16. The zero-order valence-electron chi connectivity index (χ0n) is 24.0. The number of Topliss-reactive ketones (excluding diaryl/α,β-unsaturated/α-hetero) is 1. The maximum absolute atomic E-state index is 14.7. The molecular weight excluding hydrogens is 571 g/mol. The first-order valence-corrected chi connectivity index (χ1v) is 15.2. The average molecular weight is 603 g/mol. The molecule has 3 aliphatic heterocycles. The number of urea groups is 1. The molecule has 3 fully saturated rings. The molecule has 2 atom stereocenters. The number of likely N-dealkylation sites (tertiary alicyclic amines) is 1. The fourth-order valence-corrected chi connectivity index (χ4v) is 7.33. The van der Waals surface area contributed by atoms with Crippen LogP contribution in [0.2, 0.25) is 0 Å². The van der Waals surface area contributed by atoms with Crippen LogP contribution in [0.4, 0.5) is 14.9 Å². The van der Waals surface area contributed by atoms with E-state index in [0.717, 1.165) is 32.9 Å². The van der Waals surface area contributed by atoms with E-state index >= 15 is 0 Å². The largest absolute Gasteiger partial charge is 0.496 e. The molecular formula is C31H31FN6O4S. The second-order valence-electron chi connectivity index (χ2n) is 11.1. The Kier molecular flexibility index (Phi) is 7.18. The van der Waals surface area contributed by atoms with Crippen LogP contribution in [0, 0.1) is 12.7 Å². The summed E-state index contributed by atoms with van der Waals surface area (Å²) in [6.07, 6.45) is 2.44. The van der Waals surface area contributed by atoms with E-state index in [1.807, 2.05) is 28.9 Å². The number of fused-ring (bicyclic) bond motifs is 3. The fraction of sp³-hybridized carbons (Fsp3) is 0.387. The molecule has 0 unspecified atom stereocenters. The Labute approximate surface area is 252 Å². The Morgan fingerprint density at radius 1 is 1.09 bits per heavy atom. The van der Waals surface area contributed by atoms with Crippen molar-refractivity contribution in [1.29, 1.82) is 0 Å².